The van der Waals surface area contributed by atoms with Gasteiger partial charge in [-0.3, -0.25) is 9.47 Å². The van der Waals surface area contributed by atoms with Gasteiger partial charge >= 0.3 is 12.1 Å². The third-order valence-electron chi connectivity index (χ3n) is 6.72. The van der Waals surface area contributed by atoms with Gasteiger partial charge in [-0.25, -0.2) is 14.6 Å². The first-order chi connectivity index (χ1) is 22.6. The number of hydrogen-bond donors (Lipinski definition) is 2. The fraction of sp³-hybridized carbons (Fsp3) is 0.303. The largest absolute Gasteiger partial charge is 0.497 e. The van der Waals surface area contributed by atoms with E-state index in [0.717, 1.165) is 12.0 Å². The van der Waals surface area contributed by atoms with E-state index in [9.17, 15) is 14.7 Å². The smallest absolute Gasteiger partial charge is 0.411 e. The van der Waals surface area contributed by atoms with Crippen LogP contribution in [0.1, 0.15) is 26.2 Å². The number of amides is 2. The van der Waals surface area contributed by atoms with E-state index < -0.39 is 6.09 Å². The van der Waals surface area contributed by atoms with E-state index in [4.69, 9.17) is 61.0 Å². The molecule has 0 atom stereocenters. The van der Waals surface area contributed by atoms with Gasteiger partial charge < -0.3 is 24.6 Å². The number of carboxylic acid groups (broad SMARTS) is 1. The summed E-state index contributed by atoms with van der Waals surface area (Å²) in [5.41, 5.74) is 1.94. The van der Waals surface area contributed by atoms with E-state index in [1.807, 2.05) is 31.2 Å². The summed E-state index contributed by atoms with van der Waals surface area (Å²) in [7, 11) is 1.57. The summed E-state index contributed by atoms with van der Waals surface area (Å²) in [5.74, 6) is 1.03. The first-order valence-corrected chi connectivity index (χ1v) is 16.2. The molecule has 4 rings (SSSR count). The van der Waals surface area contributed by atoms with Crippen molar-refractivity contribution in [3.05, 3.63) is 93.4 Å². The summed E-state index contributed by atoms with van der Waals surface area (Å²) >= 11 is 24.4. The monoisotopic (exact) mass is 724 g/mol. The summed E-state index contributed by atoms with van der Waals surface area (Å²) in [6.07, 6.45) is 5.53. The lowest BCUT2D eigenvalue weighted by atomic mass is 10.0. The summed E-state index contributed by atoms with van der Waals surface area (Å²) in [6, 6.07) is 15.5. The van der Waals surface area contributed by atoms with Gasteiger partial charge in [-0.05, 0) is 61.2 Å². The van der Waals surface area contributed by atoms with Crippen molar-refractivity contribution < 1.29 is 29.3 Å². The third kappa shape index (κ3) is 10.9. The maximum atomic E-state index is 12.3. The first kappa shape index (κ1) is 37.8. The predicted molar refractivity (Wildman–Crippen MR) is 187 cm³/mol. The average Bonchev–Trinajstić information content (AvgIpc) is 3.59. The van der Waals surface area contributed by atoms with Crippen molar-refractivity contribution in [3.8, 4) is 22.6 Å². The number of aromatic nitrogens is 2. The molecule has 0 spiro atoms. The van der Waals surface area contributed by atoms with E-state index in [1.54, 1.807) is 54.7 Å². The summed E-state index contributed by atoms with van der Waals surface area (Å²) in [6.45, 7) is 3.60. The third-order valence-corrected chi connectivity index (χ3v) is 7.82. The number of anilines is 1. The summed E-state index contributed by atoms with van der Waals surface area (Å²) in [5, 5.41) is 20.1. The van der Waals surface area contributed by atoms with Crippen molar-refractivity contribution in [2.75, 3.05) is 44.9 Å². The Morgan fingerprint density at radius 2 is 1.66 bits per heavy atom. The Labute approximate surface area is 293 Å². The molecule has 0 unspecified atom stereocenters. The van der Waals surface area contributed by atoms with Gasteiger partial charge in [-0.1, -0.05) is 71.5 Å². The van der Waals surface area contributed by atoms with Crippen LogP contribution in [0.5, 0.6) is 11.5 Å². The Balaban J connectivity index is 0.000000256. The number of nitrogens with zero attached hydrogens (tertiary/aromatic N) is 4. The van der Waals surface area contributed by atoms with Crippen molar-refractivity contribution in [1.82, 2.24) is 14.5 Å². The number of hydrogen-bond acceptors (Lipinski definition) is 6. The zero-order valence-electron chi connectivity index (χ0n) is 25.9. The highest BCUT2D eigenvalue weighted by Gasteiger charge is 2.21. The molecule has 14 heteroatoms. The Hall–Kier alpha value is -3.67. The van der Waals surface area contributed by atoms with Gasteiger partial charge in [0.15, 0.2) is 5.75 Å². The highest BCUT2D eigenvalue weighted by atomic mass is 35.5. The second-order valence-electron chi connectivity index (χ2n) is 10.0. The molecule has 47 heavy (non-hydrogen) atoms. The number of aliphatic hydroxyl groups is 1. The number of unbranched alkanes of at least 4 members (excludes halogenated alkanes) is 1. The fourth-order valence-electron chi connectivity index (χ4n) is 4.54. The number of carbonyl (C=O) groups is 2. The molecule has 1 aromatic heterocycles. The number of ether oxygens (including phenoxy) is 2. The van der Waals surface area contributed by atoms with Crippen LogP contribution >= 0.6 is 46.4 Å². The van der Waals surface area contributed by atoms with Crippen LogP contribution in [0.15, 0.2) is 73.3 Å². The highest BCUT2D eigenvalue weighted by Crippen LogP contribution is 2.39. The molecule has 0 radical (unpaired) electrons. The van der Waals surface area contributed by atoms with Gasteiger partial charge in [0.25, 0.3) is 0 Å². The molecule has 10 nitrogen and oxygen atoms in total. The van der Waals surface area contributed by atoms with E-state index in [0.29, 0.717) is 68.8 Å². The standard InChI is InChI=1S/C18H20ClNO4.C15H16Cl3N3O2/c1-24-14-7-4-6-13(12-14)17-15(19)8-5-9-16(17)20(18(22)23)10-2-3-11-21;1-2-4-20(15(22)21-5-3-19-10-21)6-7-23-14-12(17)8-11(16)9-13(14)18/h4-9,12,21H,2-3,10-11H2,1H3,(H,22,23);3,5,8-10H,2,4,6-7H2,1H3. The average molecular weight is 726 g/mol. The molecule has 0 saturated heterocycles. The van der Waals surface area contributed by atoms with Crippen LogP contribution in [0.3, 0.4) is 0 Å². The van der Waals surface area contributed by atoms with Gasteiger partial charge in [0.1, 0.15) is 18.7 Å². The second-order valence-corrected chi connectivity index (χ2v) is 11.7. The minimum Gasteiger partial charge on any atom is -0.497 e. The molecule has 252 valence electrons. The first-order valence-electron chi connectivity index (χ1n) is 14.7. The number of carbonyl (C=O) groups excluding carboxylic acids is 1. The number of benzene rings is 3. The molecule has 1 heterocycles. The van der Waals surface area contributed by atoms with Crippen molar-refractivity contribution in [2.24, 2.45) is 0 Å². The Bertz CT molecular complexity index is 1580. The topological polar surface area (TPSA) is 117 Å². The number of halogens is 4. The van der Waals surface area contributed by atoms with E-state index >= 15 is 0 Å². The molecule has 0 saturated carbocycles. The normalized spacial score (nSPS) is 10.5. The number of aliphatic hydroxyl groups excluding tert-OH is 1. The molecule has 0 aliphatic heterocycles. The van der Waals surface area contributed by atoms with E-state index in [2.05, 4.69) is 4.98 Å². The Morgan fingerprint density at radius 3 is 2.28 bits per heavy atom. The lowest BCUT2D eigenvalue weighted by Gasteiger charge is -2.23. The van der Waals surface area contributed by atoms with Crippen molar-refractivity contribution in [1.29, 1.82) is 0 Å². The molecule has 2 amide bonds. The van der Waals surface area contributed by atoms with Crippen molar-refractivity contribution >= 4 is 64.2 Å². The quantitative estimate of drug-likeness (QED) is 0.132. The molecular weight excluding hydrogens is 690 g/mol. The number of methoxy groups -OCH3 is 1. The van der Waals surface area contributed by atoms with Gasteiger partial charge in [-0.15, -0.1) is 0 Å². The molecule has 0 aliphatic rings. The second kappa shape index (κ2) is 19.2. The van der Waals surface area contributed by atoms with Crippen LogP contribution in [0, 0.1) is 0 Å². The van der Waals surface area contributed by atoms with Gasteiger partial charge in [-0.2, -0.15) is 0 Å². The number of imidazole rings is 1. The van der Waals surface area contributed by atoms with Crippen LogP contribution in [-0.4, -0.2) is 76.7 Å². The predicted octanol–water partition coefficient (Wildman–Crippen LogP) is 8.87. The van der Waals surface area contributed by atoms with E-state index in [-0.39, 0.29) is 25.8 Å². The SMILES string of the molecule is CCCN(CCOc1c(Cl)cc(Cl)cc1Cl)C(=O)n1ccnc1.COc1cccc(-c2c(Cl)cccc2N(CCCCO)C(=O)O)c1. The van der Waals surface area contributed by atoms with Gasteiger partial charge in [0, 0.05) is 42.7 Å². The van der Waals surface area contributed by atoms with Crippen molar-refractivity contribution in [3.63, 3.8) is 0 Å². The Kier molecular flexibility index (Phi) is 15.5. The van der Waals surface area contributed by atoms with Crippen LogP contribution in [0.25, 0.3) is 11.1 Å². The van der Waals surface area contributed by atoms with Gasteiger partial charge in [0.2, 0.25) is 0 Å². The molecule has 0 fully saturated rings. The fourth-order valence-corrected chi connectivity index (χ4v) is 5.74. The molecular formula is C33H36Cl4N4O6. The number of rotatable bonds is 13. The van der Waals surface area contributed by atoms with Gasteiger partial charge in [0.05, 0.1) is 34.4 Å². The van der Waals surface area contributed by atoms with Crippen LogP contribution in [-0.2, 0) is 0 Å². The summed E-state index contributed by atoms with van der Waals surface area (Å²) < 4.78 is 12.3. The lowest BCUT2D eigenvalue weighted by molar-refractivity contribution is 0.184. The maximum absolute atomic E-state index is 12.3. The zero-order chi connectivity index (χ0) is 34.3. The minimum absolute atomic E-state index is 0.0335. The Morgan fingerprint density at radius 1 is 0.936 bits per heavy atom. The summed E-state index contributed by atoms with van der Waals surface area (Å²) in [4.78, 5) is 30.9. The van der Waals surface area contributed by atoms with Crippen molar-refractivity contribution in [2.45, 2.75) is 26.2 Å². The molecule has 0 bridgehead atoms. The molecule has 0 aliphatic carbocycles. The lowest BCUT2D eigenvalue weighted by Crippen LogP contribution is -2.37. The van der Waals surface area contributed by atoms with Crippen LogP contribution < -0.4 is 14.4 Å². The minimum atomic E-state index is -1.06. The maximum Gasteiger partial charge on any atom is 0.411 e. The van der Waals surface area contributed by atoms with Crippen LogP contribution in [0.2, 0.25) is 20.1 Å². The molecule has 3 aromatic carbocycles. The zero-order valence-corrected chi connectivity index (χ0v) is 28.9. The highest BCUT2D eigenvalue weighted by molar-refractivity contribution is 6.40. The van der Waals surface area contributed by atoms with Crippen LogP contribution in [0.4, 0.5) is 15.3 Å². The molecule has 2 N–H and O–H groups in total. The molecule has 4 aromatic rings. The van der Waals surface area contributed by atoms with E-state index in [1.165, 1.54) is 15.8 Å².